The molecular formula is C17H22F2N2O3. The van der Waals surface area contributed by atoms with E-state index in [1.807, 2.05) is 6.92 Å². The first kappa shape index (κ1) is 18.2. The number of amides is 2. The third-order valence-corrected chi connectivity index (χ3v) is 4.48. The lowest BCUT2D eigenvalue weighted by Gasteiger charge is -2.36. The highest BCUT2D eigenvalue weighted by Crippen LogP contribution is 2.25. The molecule has 3 unspecified atom stereocenters. The van der Waals surface area contributed by atoms with Crippen LogP contribution in [0.3, 0.4) is 0 Å². The number of ether oxygens (including phenoxy) is 1. The molecule has 0 aliphatic carbocycles. The number of hydrogen-bond acceptors (Lipinski definition) is 3. The average Bonchev–Trinajstić information content (AvgIpc) is 2.56. The molecule has 1 aromatic rings. The molecular weight excluding hydrogens is 318 g/mol. The monoisotopic (exact) mass is 340 g/mol. The number of methoxy groups -OCH3 is 1. The Morgan fingerprint density at radius 2 is 2.08 bits per heavy atom. The molecule has 7 heteroatoms. The summed E-state index contributed by atoms with van der Waals surface area (Å²) in [6.45, 7) is 4.30. The van der Waals surface area contributed by atoms with Gasteiger partial charge in [-0.05, 0) is 25.3 Å². The number of carbonyl (C=O) groups is 2. The van der Waals surface area contributed by atoms with Crippen LogP contribution in [0.25, 0.3) is 0 Å². The van der Waals surface area contributed by atoms with Gasteiger partial charge >= 0.3 is 12.0 Å². The first-order valence-corrected chi connectivity index (χ1v) is 7.92. The molecule has 0 aromatic heterocycles. The van der Waals surface area contributed by atoms with Gasteiger partial charge in [-0.3, -0.25) is 4.79 Å². The second-order valence-corrected chi connectivity index (χ2v) is 6.16. The van der Waals surface area contributed by atoms with E-state index in [2.05, 4.69) is 5.32 Å². The van der Waals surface area contributed by atoms with E-state index in [9.17, 15) is 18.4 Å². The van der Waals surface area contributed by atoms with Crippen molar-refractivity contribution in [3.05, 3.63) is 35.4 Å². The Kier molecular flexibility index (Phi) is 5.75. The third-order valence-electron chi connectivity index (χ3n) is 4.48. The number of nitrogens with zero attached hydrogens (tertiary/aromatic N) is 1. The number of hydrogen-bond donors (Lipinski definition) is 1. The molecule has 1 N–H and O–H groups in total. The van der Waals surface area contributed by atoms with Gasteiger partial charge in [0.15, 0.2) is 11.6 Å². The molecule has 0 spiro atoms. The molecule has 1 heterocycles. The quantitative estimate of drug-likeness (QED) is 0.861. The van der Waals surface area contributed by atoms with Crippen LogP contribution in [0.2, 0.25) is 0 Å². The number of nitrogens with one attached hydrogen (secondary N) is 1. The molecule has 0 radical (unpaired) electrons. The lowest BCUT2D eigenvalue weighted by molar-refractivity contribution is -0.148. The maximum atomic E-state index is 13.8. The van der Waals surface area contributed by atoms with Crippen LogP contribution in [0.4, 0.5) is 13.6 Å². The van der Waals surface area contributed by atoms with E-state index in [-0.39, 0.29) is 29.4 Å². The number of rotatable bonds is 3. The fourth-order valence-corrected chi connectivity index (χ4v) is 3.04. The van der Waals surface area contributed by atoms with Gasteiger partial charge in [0.1, 0.15) is 0 Å². The minimum Gasteiger partial charge on any atom is -0.469 e. The van der Waals surface area contributed by atoms with E-state index < -0.39 is 17.7 Å². The molecule has 2 amide bonds. The van der Waals surface area contributed by atoms with Gasteiger partial charge in [-0.25, -0.2) is 13.6 Å². The van der Waals surface area contributed by atoms with Gasteiger partial charge < -0.3 is 15.0 Å². The van der Waals surface area contributed by atoms with Crippen molar-refractivity contribution >= 4 is 12.0 Å². The predicted octanol–water partition coefficient (Wildman–Crippen LogP) is 2.87. The van der Waals surface area contributed by atoms with E-state index in [0.717, 1.165) is 6.07 Å². The van der Waals surface area contributed by atoms with Crippen molar-refractivity contribution in [2.75, 3.05) is 20.2 Å². The van der Waals surface area contributed by atoms with Gasteiger partial charge in [0.05, 0.1) is 19.1 Å². The highest BCUT2D eigenvalue weighted by molar-refractivity contribution is 5.76. The largest absolute Gasteiger partial charge is 0.469 e. The number of likely N-dealkylation sites (tertiary alicyclic amines) is 1. The minimum atomic E-state index is -0.955. The molecule has 1 aliphatic heterocycles. The molecule has 132 valence electrons. The number of urea groups is 1. The molecule has 1 saturated heterocycles. The van der Waals surface area contributed by atoms with Crippen LogP contribution in [0.1, 0.15) is 31.9 Å². The molecule has 3 atom stereocenters. The van der Waals surface area contributed by atoms with E-state index in [1.54, 1.807) is 11.8 Å². The van der Waals surface area contributed by atoms with Crippen LogP contribution in [0.5, 0.6) is 0 Å². The Morgan fingerprint density at radius 3 is 2.71 bits per heavy atom. The first-order chi connectivity index (χ1) is 11.3. The zero-order valence-electron chi connectivity index (χ0n) is 14.0. The summed E-state index contributed by atoms with van der Waals surface area (Å²) in [6.07, 6.45) is 0.518. The molecule has 2 rings (SSSR count). The molecule has 1 aliphatic rings. The second-order valence-electron chi connectivity index (χ2n) is 6.16. The van der Waals surface area contributed by atoms with Crippen LogP contribution in [0.15, 0.2) is 18.2 Å². The molecule has 0 saturated carbocycles. The fraction of sp³-hybridized carbons (Fsp3) is 0.529. The van der Waals surface area contributed by atoms with E-state index in [4.69, 9.17) is 4.74 Å². The third kappa shape index (κ3) is 3.83. The Bertz CT molecular complexity index is 624. The topological polar surface area (TPSA) is 58.6 Å². The maximum Gasteiger partial charge on any atom is 0.317 e. The standard InChI is InChI=1S/C17H22F2N2O3/c1-10-9-21(8-7-12(10)16(22)24-3)17(23)20-11(2)13-5-4-6-14(18)15(13)19/h4-6,10-12H,7-9H2,1-3H3,(H,20,23). The Balaban J connectivity index is 1.98. The van der Waals surface area contributed by atoms with Crippen molar-refractivity contribution < 1.29 is 23.1 Å². The molecule has 1 fully saturated rings. The van der Waals surface area contributed by atoms with Crippen molar-refractivity contribution in [2.45, 2.75) is 26.3 Å². The SMILES string of the molecule is COC(=O)C1CCN(C(=O)NC(C)c2cccc(F)c2F)CC1C. The predicted molar refractivity (Wildman–Crippen MR) is 84.2 cm³/mol. The van der Waals surface area contributed by atoms with Gasteiger partial charge in [0, 0.05) is 18.7 Å². The summed E-state index contributed by atoms with van der Waals surface area (Å²) in [5.41, 5.74) is 0.0980. The van der Waals surface area contributed by atoms with Crippen molar-refractivity contribution in [2.24, 2.45) is 11.8 Å². The lowest BCUT2D eigenvalue weighted by atomic mass is 9.87. The highest BCUT2D eigenvalue weighted by Gasteiger charge is 2.34. The van der Waals surface area contributed by atoms with E-state index in [0.29, 0.717) is 19.5 Å². The minimum absolute atomic E-state index is 0.0295. The van der Waals surface area contributed by atoms with E-state index in [1.165, 1.54) is 19.2 Å². The summed E-state index contributed by atoms with van der Waals surface area (Å²) in [5.74, 6) is -2.42. The number of halogens is 2. The van der Waals surface area contributed by atoms with Gasteiger partial charge in [0.25, 0.3) is 0 Å². The van der Waals surface area contributed by atoms with Crippen LogP contribution in [-0.2, 0) is 9.53 Å². The van der Waals surface area contributed by atoms with Crippen molar-refractivity contribution in [3.8, 4) is 0 Å². The van der Waals surface area contributed by atoms with Crippen LogP contribution in [0, 0.1) is 23.5 Å². The summed E-state index contributed by atoms with van der Waals surface area (Å²) < 4.78 is 31.9. The molecule has 0 bridgehead atoms. The van der Waals surface area contributed by atoms with Gasteiger partial charge in [-0.1, -0.05) is 19.1 Å². The maximum absolute atomic E-state index is 13.8. The molecule has 5 nitrogen and oxygen atoms in total. The van der Waals surface area contributed by atoms with Crippen molar-refractivity contribution in [1.29, 1.82) is 0 Å². The lowest BCUT2D eigenvalue weighted by Crippen LogP contribution is -2.49. The highest BCUT2D eigenvalue weighted by atomic mass is 19.2. The number of esters is 1. The fourth-order valence-electron chi connectivity index (χ4n) is 3.04. The van der Waals surface area contributed by atoms with Gasteiger partial charge in [0.2, 0.25) is 0 Å². The normalized spacial score (nSPS) is 22.0. The van der Waals surface area contributed by atoms with E-state index >= 15 is 0 Å². The molecule has 1 aromatic carbocycles. The zero-order chi connectivity index (χ0) is 17.9. The smallest absolute Gasteiger partial charge is 0.317 e. The van der Waals surface area contributed by atoms with Crippen molar-refractivity contribution in [3.63, 3.8) is 0 Å². The summed E-state index contributed by atoms with van der Waals surface area (Å²) in [4.78, 5) is 25.6. The number of piperidine rings is 1. The summed E-state index contributed by atoms with van der Waals surface area (Å²) in [6, 6.07) is 2.85. The van der Waals surface area contributed by atoms with Gasteiger partial charge in [-0.2, -0.15) is 0 Å². The molecule has 24 heavy (non-hydrogen) atoms. The van der Waals surface area contributed by atoms with Crippen LogP contribution < -0.4 is 5.32 Å². The zero-order valence-corrected chi connectivity index (χ0v) is 14.0. The average molecular weight is 340 g/mol. The first-order valence-electron chi connectivity index (χ1n) is 7.92. The number of carbonyl (C=O) groups excluding carboxylic acids is 2. The Morgan fingerprint density at radius 1 is 1.38 bits per heavy atom. The summed E-state index contributed by atoms with van der Waals surface area (Å²) in [5, 5.41) is 2.68. The Labute approximate surface area is 140 Å². The second kappa shape index (κ2) is 7.59. The number of benzene rings is 1. The van der Waals surface area contributed by atoms with Crippen LogP contribution >= 0.6 is 0 Å². The van der Waals surface area contributed by atoms with Gasteiger partial charge in [-0.15, -0.1) is 0 Å². The van der Waals surface area contributed by atoms with Crippen molar-refractivity contribution in [1.82, 2.24) is 10.2 Å². The van der Waals surface area contributed by atoms with Crippen LogP contribution in [-0.4, -0.2) is 37.1 Å². The summed E-state index contributed by atoms with van der Waals surface area (Å²) >= 11 is 0. The Hall–Kier alpha value is -2.18. The summed E-state index contributed by atoms with van der Waals surface area (Å²) in [7, 11) is 1.35.